The number of Topliss-reactive ketones (excluding diaryl/α,β-unsaturated/α-hetero) is 1. The van der Waals surface area contributed by atoms with E-state index in [0.29, 0.717) is 24.3 Å². The molecule has 0 aromatic heterocycles. The number of carbonyl (C=O) groups is 2. The molecule has 0 radical (unpaired) electrons. The molecule has 0 aliphatic rings. The molecular weight excluding hydrogens is 700 g/mol. The first-order chi connectivity index (χ1) is 25.4. The predicted octanol–water partition coefficient (Wildman–Crippen LogP) is 15.5. The highest BCUT2D eigenvalue weighted by molar-refractivity contribution is 6.63. The van der Waals surface area contributed by atoms with Gasteiger partial charge in [0.15, 0.2) is 5.78 Å². The van der Waals surface area contributed by atoms with Crippen molar-refractivity contribution in [2.24, 2.45) is 0 Å². The van der Waals surface area contributed by atoms with Gasteiger partial charge in [0, 0.05) is 29.5 Å². The second-order valence-corrected chi connectivity index (χ2v) is 19.7. The van der Waals surface area contributed by atoms with Gasteiger partial charge in [0.1, 0.15) is 11.5 Å². The van der Waals surface area contributed by atoms with Crippen LogP contribution in [0.15, 0.2) is 55.6 Å². The van der Waals surface area contributed by atoms with Crippen LogP contribution >= 0.6 is 11.6 Å². The number of para-hydroxylation sites is 1. The smallest absolute Gasteiger partial charge is 0.221 e. The van der Waals surface area contributed by atoms with Crippen molar-refractivity contribution in [3.05, 3.63) is 83.5 Å². The number of aromatic hydroxyl groups is 2. The lowest BCUT2D eigenvalue weighted by Crippen LogP contribution is -2.18. The number of benzene rings is 2. The van der Waals surface area contributed by atoms with Gasteiger partial charge in [0.05, 0.1) is 0 Å². The highest BCUT2D eigenvalue weighted by Gasteiger charge is 2.28. The third kappa shape index (κ3) is 21.9. The second-order valence-electron chi connectivity index (χ2n) is 19.3. The van der Waals surface area contributed by atoms with Crippen molar-refractivity contribution >= 4 is 22.6 Å². The summed E-state index contributed by atoms with van der Waals surface area (Å²) in [7, 11) is 0. The summed E-state index contributed by atoms with van der Waals surface area (Å²) in [4.78, 5) is 23.2. The first kappa shape index (κ1) is 52.2. The fourth-order valence-corrected chi connectivity index (χ4v) is 6.51. The molecule has 0 aliphatic heterocycles. The van der Waals surface area contributed by atoms with E-state index in [9.17, 15) is 19.8 Å². The fraction of sp³-hybridized carbons (Fsp3) is 0.640. The maximum atomic E-state index is 12.8. The number of carbonyl (C=O) groups excluding carboxylic acids is 2. The van der Waals surface area contributed by atoms with Crippen molar-refractivity contribution in [2.45, 2.75) is 207 Å². The lowest BCUT2D eigenvalue weighted by molar-refractivity contribution is -0.111. The monoisotopic (exact) mass is 781 g/mol. The van der Waals surface area contributed by atoms with Gasteiger partial charge in [-0.15, -0.1) is 13.2 Å². The molecule has 0 spiro atoms. The molecule has 0 bridgehead atoms. The van der Waals surface area contributed by atoms with Gasteiger partial charge in [0.25, 0.3) is 0 Å². The maximum absolute atomic E-state index is 12.8. The van der Waals surface area contributed by atoms with E-state index in [4.69, 9.17) is 11.6 Å². The van der Waals surface area contributed by atoms with Gasteiger partial charge in [-0.1, -0.05) is 165 Å². The maximum Gasteiger partial charge on any atom is 0.221 e. The van der Waals surface area contributed by atoms with Gasteiger partial charge in [-0.05, 0) is 95.0 Å². The van der Waals surface area contributed by atoms with Crippen LogP contribution in [0, 0.1) is 0 Å². The Hall–Kier alpha value is -2.85. The molecule has 4 nitrogen and oxygen atoms in total. The molecule has 312 valence electrons. The first-order valence-electron chi connectivity index (χ1n) is 21.0. The molecule has 2 aromatic rings. The Bertz CT molecular complexity index is 1370. The number of unbranched alkanes of at least 4 members (excludes halogenated alkanes) is 12. The minimum absolute atomic E-state index is 0.00859. The number of ketones is 1. The van der Waals surface area contributed by atoms with E-state index in [1.807, 2.05) is 42.5 Å². The highest BCUT2D eigenvalue weighted by atomic mass is 35.5. The number of halogens is 1. The summed E-state index contributed by atoms with van der Waals surface area (Å²) < 4.78 is 0. The van der Waals surface area contributed by atoms with Gasteiger partial charge in [0.2, 0.25) is 5.24 Å². The van der Waals surface area contributed by atoms with Crippen LogP contribution in [0.4, 0.5) is 0 Å². The minimum Gasteiger partial charge on any atom is -0.507 e. The molecule has 0 atom stereocenters. The predicted molar refractivity (Wildman–Crippen MR) is 240 cm³/mol. The lowest BCUT2D eigenvalue weighted by atomic mass is 9.78. The molecule has 0 saturated carbocycles. The molecule has 0 fully saturated rings. The second kappa shape index (κ2) is 25.4. The third-order valence-electron chi connectivity index (χ3n) is 9.79. The van der Waals surface area contributed by atoms with E-state index >= 15 is 0 Å². The van der Waals surface area contributed by atoms with Crippen LogP contribution in [0.5, 0.6) is 11.5 Å². The zero-order valence-corrected chi connectivity index (χ0v) is 38.1. The van der Waals surface area contributed by atoms with E-state index in [0.717, 1.165) is 66.3 Å². The Morgan fingerprint density at radius 3 is 1.16 bits per heavy atom. The SMILES string of the molecule is C=CCCCCCCCCC(=O)Cl.C=CCCCCCCCCC(=O)c1cc(C(C)(C)C)c(O)c(C(C)(C)C)c1.CC(C)(C)c1cccc(C(C)(C)C)c1O. The molecule has 0 heterocycles. The normalized spacial score (nSPS) is 11.9. The molecule has 5 heteroatoms. The van der Waals surface area contributed by atoms with Crippen LogP contribution in [0.2, 0.25) is 0 Å². The molecule has 0 saturated heterocycles. The van der Waals surface area contributed by atoms with Crippen molar-refractivity contribution in [3.63, 3.8) is 0 Å². The minimum atomic E-state index is -0.203. The van der Waals surface area contributed by atoms with Crippen LogP contribution < -0.4 is 0 Å². The number of phenols is 2. The molecule has 0 unspecified atom stereocenters. The zero-order valence-electron chi connectivity index (χ0n) is 37.4. The van der Waals surface area contributed by atoms with Crippen LogP contribution in [-0.4, -0.2) is 21.2 Å². The largest absolute Gasteiger partial charge is 0.507 e. The third-order valence-corrected chi connectivity index (χ3v) is 9.98. The van der Waals surface area contributed by atoms with Gasteiger partial charge in [-0.25, -0.2) is 0 Å². The first-order valence-corrected chi connectivity index (χ1v) is 21.4. The number of allylic oxidation sites excluding steroid dienone is 2. The van der Waals surface area contributed by atoms with Crippen LogP contribution in [-0.2, 0) is 26.5 Å². The number of hydrogen-bond donors (Lipinski definition) is 2. The molecule has 2 rings (SSSR count). The Morgan fingerprint density at radius 1 is 0.527 bits per heavy atom. The Balaban J connectivity index is 0.000000877. The summed E-state index contributed by atoms with van der Waals surface area (Å²) in [5.41, 5.74) is 4.09. The van der Waals surface area contributed by atoms with E-state index in [1.165, 1.54) is 51.4 Å². The molecule has 2 aromatic carbocycles. The Kier molecular flexibility index (Phi) is 24.1. The standard InChI is InChI=1S/C25H40O2.C14H22O.C11H19ClO/c1-8-9-10-11-12-13-14-15-16-22(26)19-17-20(24(2,3)4)23(27)21(18-19)25(5,6)7;1-13(2,3)10-8-7-9-11(12(10)15)14(4,5)6;1-2-3-4-5-6-7-8-9-10-11(12)13/h8,17-18,27H,1,9-16H2,2-7H3;7-9,15H,1-6H3;2H,1,3-10H2. The van der Waals surface area contributed by atoms with Crippen molar-refractivity contribution in [3.8, 4) is 11.5 Å². The summed E-state index contributed by atoms with van der Waals surface area (Å²) >= 11 is 5.21. The topological polar surface area (TPSA) is 74.6 Å². The number of rotatable bonds is 19. The summed E-state index contributed by atoms with van der Waals surface area (Å²) in [6, 6.07) is 9.85. The summed E-state index contributed by atoms with van der Waals surface area (Å²) in [6.07, 6.45) is 21.4. The van der Waals surface area contributed by atoms with Crippen LogP contribution in [0.25, 0.3) is 0 Å². The van der Waals surface area contributed by atoms with Gasteiger partial charge in [-0.3, -0.25) is 9.59 Å². The summed E-state index contributed by atoms with van der Waals surface area (Å²) in [5, 5.41) is 20.8. The van der Waals surface area contributed by atoms with E-state index in [1.54, 1.807) is 0 Å². The molecule has 55 heavy (non-hydrogen) atoms. The van der Waals surface area contributed by atoms with Crippen molar-refractivity contribution < 1.29 is 19.8 Å². The van der Waals surface area contributed by atoms with E-state index in [-0.39, 0.29) is 32.7 Å². The molecule has 2 N–H and O–H groups in total. The van der Waals surface area contributed by atoms with Crippen molar-refractivity contribution in [1.82, 2.24) is 0 Å². The van der Waals surface area contributed by atoms with Crippen LogP contribution in [0.1, 0.15) is 218 Å². The van der Waals surface area contributed by atoms with E-state index < -0.39 is 0 Å². The van der Waals surface area contributed by atoms with Gasteiger partial charge < -0.3 is 10.2 Å². The highest BCUT2D eigenvalue weighted by Crippen LogP contribution is 2.40. The zero-order chi connectivity index (χ0) is 42.5. The molecular formula is C50H81ClO4. The number of hydrogen-bond acceptors (Lipinski definition) is 4. The van der Waals surface area contributed by atoms with Gasteiger partial charge in [-0.2, -0.15) is 0 Å². The van der Waals surface area contributed by atoms with Crippen molar-refractivity contribution in [2.75, 3.05) is 0 Å². The van der Waals surface area contributed by atoms with Gasteiger partial charge >= 0.3 is 0 Å². The van der Waals surface area contributed by atoms with E-state index in [2.05, 4.69) is 96.2 Å². The average molecular weight is 782 g/mol. The van der Waals surface area contributed by atoms with Crippen molar-refractivity contribution in [1.29, 1.82) is 0 Å². The molecule has 0 amide bonds. The fourth-order valence-electron chi connectivity index (χ4n) is 6.38. The average Bonchev–Trinajstić information content (AvgIpc) is 3.05. The Labute approximate surface area is 343 Å². The molecule has 0 aliphatic carbocycles. The number of phenolic OH excluding ortho intramolecular Hbond substituents is 2. The van der Waals surface area contributed by atoms with Crippen LogP contribution in [0.3, 0.4) is 0 Å². The summed E-state index contributed by atoms with van der Waals surface area (Å²) in [5.74, 6) is 0.987. The lowest BCUT2D eigenvalue weighted by Gasteiger charge is -2.28. The Morgan fingerprint density at radius 2 is 0.836 bits per heavy atom. The summed E-state index contributed by atoms with van der Waals surface area (Å²) in [6.45, 7) is 32.6. The quantitative estimate of drug-likeness (QED) is 0.0644.